The number of carbonyl (C=O) groups excluding carboxylic acids is 1. The Kier molecular flexibility index (Phi) is 5.77. The standard InChI is InChI=1S/C30H29N5O2/c31-28-15-8-18(17-33-28)22-5-3-7-27-29(22)24-4-1-2-6-26(24)35(27)20-11-14-23(30(32)37)25(16-20)34-19-9-12-21(36)13-10-19/h1-8,11,14-17,19,21,34,36H,9-10,12-13H2,(H2,31,33)(H2,32,37)/t19-,21-. The molecule has 7 heteroatoms. The van der Waals surface area contributed by atoms with Crippen LogP contribution in [-0.4, -0.2) is 32.7 Å². The molecule has 6 rings (SSSR count). The van der Waals surface area contributed by atoms with Gasteiger partial charge in [-0.3, -0.25) is 4.79 Å². The van der Waals surface area contributed by atoms with Crippen molar-refractivity contribution in [3.05, 3.63) is 84.6 Å². The van der Waals surface area contributed by atoms with E-state index in [9.17, 15) is 9.90 Å². The van der Waals surface area contributed by atoms with Gasteiger partial charge >= 0.3 is 0 Å². The van der Waals surface area contributed by atoms with Crippen LogP contribution in [0.3, 0.4) is 0 Å². The number of aliphatic hydroxyl groups excluding tert-OH is 1. The van der Waals surface area contributed by atoms with Gasteiger partial charge in [0.15, 0.2) is 0 Å². The third kappa shape index (κ3) is 4.17. The maximum absolute atomic E-state index is 12.3. The minimum Gasteiger partial charge on any atom is -0.393 e. The van der Waals surface area contributed by atoms with Crippen molar-refractivity contribution in [3.8, 4) is 16.8 Å². The summed E-state index contributed by atoms with van der Waals surface area (Å²) in [5, 5.41) is 15.7. The van der Waals surface area contributed by atoms with Crippen LogP contribution in [0.1, 0.15) is 36.0 Å². The summed E-state index contributed by atoms with van der Waals surface area (Å²) in [4.78, 5) is 16.6. The number of pyridine rings is 1. The van der Waals surface area contributed by atoms with Crippen LogP contribution in [0.15, 0.2) is 79.0 Å². The number of primary amides is 1. The largest absolute Gasteiger partial charge is 0.393 e. The van der Waals surface area contributed by atoms with Crippen LogP contribution in [-0.2, 0) is 0 Å². The number of carbonyl (C=O) groups is 1. The number of fused-ring (bicyclic) bond motifs is 3. The van der Waals surface area contributed by atoms with Gasteiger partial charge in [0, 0.05) is 39.9 Å². The molecule has 0 saturated heterocycles. The molecule has 186 valence electrons. The lowest BCUT2D eigenvalue weighted by Crippen LogP contribution is -2.29. The SMILES string of the molecule is NC(=O)c1ccc(-n2c3ccccc3c3c(-c4ccc(N)nc4)cccc32)cc1N[C@H]1CC[C@H](O)CC1. The zero-order chi connectivity index (χ0) is 25.5. The number of benzene rings is 3. The van der Waals surface area contributed by atoms with E-state index >= 15 is 0 Å². The summed E-state index contributed by atoms with van der Waals surface area (Å²) in [6.45, 7) is 0. The van der Waals surface area contributed by atoms with Gasteiger partial charge in [-0.1, -0.05) is 30.3 Å². The minimum absolute atomic E-state index is 0.180. The fraction of sp³-hybridized carbons (Fsp3) is 0.200. The van der Waals surface area contributed by atoms with Gasteiger partial charge in [-0.25, -0.2) is 4.98 Å². The number of hydrogen-bond donors (Lipinski definition) is 4. The predicted molar refractivity (Wildman–Crippen MR) is 149 cm³/mol. The molecule has 2 aromatic heterocycles. The molecule has 37 heavy (non-hydrogen) atoms. The maximum Gasteiger partial charge on any atom is 0.250 e. The van der Waals surface area contributed by atoms with Gasteiger partial charge in [0.05, 0.1) is 22.7 Å². The lowest BCUT2D eigenvalue weighted by molar-refractivity contribution is 0.100. The molecular weight excluding hydrogens is 462 g/mol. The van der Waals surface area contributed by atoms with Crippen LogP contribution in [0.25, 0.3) is 38.6 Å². The average Bonchev–Trinajstić information content (AvgIpc) is 3.25. The van der Waals surface area contributed by atoms with Crippen molar-refractivity contribution >= 4 is 39.2 Å². The molecular formula is C30H29N5O2. The molecule has 2 heterocycles. The van der Waals surface area contributed by atoms with E-state index in [4.69, 9.17) is 11.5 Å². The Balaban J connectivity index is 1.53. The number of rotatable bonds is 5. The van der Waals surface area contributed by atoms with Gasteiger partial charge in [-0.15, -0.1) is 0 Å². The Morgan fingerprint density at radius 3 is 2.49 bits per heavy atom. The van der Waals surface area contributed by atoms with E-state index in [1.54, 1.807) is 12.3 Å². The highest BCUT2D eigenvalue weighted by atomic mass is 16.3. The highest BCUT2D eigenvalue weighted by Crippen LogP contribution is 2.39. The van der Waals surface area contributed by atoms with Crippen molar-refractivity contribution in [2.45, 2.75) is 37.8 Å². The van der Waals surface area contributed by atoms with Gasteiger partial charge in [0.1, 0.15) is 5.82 Å². The second-order valence-electron chi connectivity index (χ2n) is 9.77. The zero-order valence-electron chi connectivity index (χ0n) is 20.4. The quantitative estimate of drug-likeness (QED) is 0.268. The molecule has 5 aromatic rings. The molecule has 0 unspecified atom stereocenters. The highest BCUT2D eigenvalue weighted by Gasteiger charge is 2.22. The molecule has 6 N–H and O–H groups in total. The third-order valence-corrected chi connectivity index (χ3v) is 7.38. The van der Waals surface area contributed by atoms with E-state index in [1.807, 2.05) is 42.5 Å². The summed E-state index contributed by atoms with van der Waals surface area (Å²) in [5.74, 6) is 0.0191. The number of nitrogens with zero attached hydrogens (tertiary/aromatic N) is 2. The van der Waals surface area contributed by atoms with Crippen LogP contribution >= 0.6 is 0 Å². The second-order valence-corrected chi connectivity index (χ2v) is 9.77. The second kappa shape index (κ2) is 9.26. The van der Waals surface area contributed by atoms with Crippen LogP contribution in [0.5, 0.6) is 0 Å². The summed E-state index contributed by atoms with van der Waals surface area (Å²) >= 11 is 0. The first kappa shape index (κ1) is 23.1. The van der Waals surface area contributed by atoms with Crippen molar-refractivity contribution in [1.29, 1.82) is 0 Å². The Morgan fingerprint density at radius 2 is 1.73 bits per heavy atom. The molecule has 1 saturated carbocycles. The summed E-state index contributed by atoms with van der Waals surface area (Å²) < 4.78 is 2.22. The molecule has 1 aliphatic carbocycles. The van der Waals surface area contributed by atoms with Crippen LogP contribution in [0.4, 0.5) is 11.5 Å². The van der Waals surface area contributed by atoms with Crippen molar-refractivity contribution in [2.75, 3.05) is 11.1 Å². The Bertz CT molecular complexity index is 1620. The molecule has 7 nitrogen and oxygen atoms in total. The molecule has 0 aliphatic heterocycles. The number of amides is 1. The fourth-order valence-electron chi connectivity index (χ4n) is 5.55. The number of hydrogen-bond acceptors (Lipinski definition) is 5. The molecule has 0 bridgehead atoms. The molecule has 0 radical (unpaired) electrons. The van der Waals surface area contributed by atoms with Crippen LogP contribution < -0.4 is 16.8 Å². The number of nitrogens with two attached hydrogens (primary N) is 2. The van der Waals surface area contributed by atoms with Gasteiger partial charge in [-0.05, 0) is 73.7 Å². The van der Waals surface area contributed by atoms with Gasteiger partial charge in [0.25, 0.3) is 5.91 Å². The number of nitrogens with one attached hydrogen (secondary N) is 1. The Morgan fingerprint density at radius 1 is 0.946 bits per heavy atom. The molecule has 0 spiro atoms. The van der Waals surface area contributed by atoms with E-state index in [2.05, 4.69) is 39.1 Å². The number of aromatic nitrogens is 2. The Hall–Kier alpha value is -4.36. The molecule has 0 atom stereocenters. The molecule has 1 amide bonds. The van der Waals surface area contributed by atoms with E-state index in [1.165, 1.54) is 0 Å². The summed E-state index contributed by atoms with van der Waals surface area (Å²) in [5.41, 5.74) is 17.9. The molecule has 3 aromatic carbocycles. The average molecular weight is 492 g/mol. The summed E-state index contributed by atoms with van der Waals surface area (Å²) in [7, 11) is 0. The van der Waals surface area contributed by atoms with Crippen molar-refractivity contribution < 1.29 is 9.90 Å². The van der Waals surface area contributed by atoms with Crippen LogP contribution in [0.2, 0.25) is 0 Å². The maximum atomic E-state index is 12.3. The van der Waals surface area contributed by atoms with Crippen molar-refractivity contribution in [3.63, 3.8) is 0 Å². The summed E-state index contributed by atoms with van der Waals surface area (Å²) in [6.07, 6.45) is 4.75. The molecule has 1 aliphatic rings. The number of aliphatic hydroxyl groups is 1. The van der Waals surface area contributed by atoms with E-state index in [-0.39, 0.29) is 12.1 Å². The minimum atomic E-state index is -0.467. The highest BCUT2D eigenvalue weighted by molar-refractivity contribution is 6.15. The van der Waals surface area contributed by atoms with Gasteiger partial charge in [0.2, 0.25) is 0 Å². The van der Waals surface area contributed by atoms with Gasteiger partial charge in [-0.2, -0.15) is 0 Å². The van der Waals surface area contributed by atoms with Crippen LogP contribution in [0, 0.1) is 0 Å². The van der Waals surface area contributed by atoms with Crippen molar-refractivity contribution in [1.82, 2.24) is 9.55 Å². The number of nitrogen functional groups attached to an aromatic ring is 1. The monoisotopic (exact) mass is 491 g/mol. The fourth-order valence-corrected chi connectivity index (χ4v) is 5.55. The van der Waals surface area contributed by atoms with E-state index in [0.717, 1.165) is 70.0 Å². The number of anilines is 2. The lowest BCUT2D eigenvalue weighted by atomic mass is 9.92. The lowest BCUT2D eigenvalue weighted by Gasteiger charge is -2.28. The Labute approximate surface area is 214 Å². The first-order valence-electron chi connectivity index (χ1n) is 12.6. The first-order chi connectivity index (χ1) is 18.0. The van der Waals surface area contributed by atoms with E-state index in [0.29, 0.717) is 11.4 Å². The van der Waals surface area contributed by atoms with E-state index < -0.39 is 5.91 Å². The zero-order valence-corrected chi connectivity index (χ0v) is 20.4. The van der Waals surface area contributed by atoms with Crippen molar-refractivity contribution in [2.24, 2.45) is 5.73 Å². The topological polar surface area (TPSA) is 119 Å². The smallest absolute Gasteiger partial charge is 0.250 e. The number of para-hydroxylation sites is 1. The third-order valence-electron chi connectivity index (χ3n) is 7.38. The normalized spacial score (nSPS) is 17.8. The molecule has 1 fully saturated rings. The first-order valence-corrected chi connectivity index (χ1v) is 12.6. The van der Waals surface area contributed by atoms with Gasteiger partial charge < -0.3 is 26.5 Å². The predicted octanol–water partition coefficient (Wildman–Crippen LogP) is 5.24. The summed E-state index contributed by atoms with van der Waals surface area (Å²) in [6, 6.07) is 24.3.